The Morgan fingerprint density at radius 1 is 0.846 bits per heavy atom. The van der Waals surface area contributed by atoms with Crippen molar-refractivity contribution < 1.29 is 4.79 Å². The lowest BCUT2D eigenvalue weighted by atomic mass is 10.0. The van der Waals surface area contributed by atoms with Crippen molar-refractivity contribution in [2.75, 3.05) is 10.6 Å². The Morgan fingerprint density at radius 2 is 1.27 bits per heavy atom. The maximum Gasteiger partial charge on any atom is 0.248 e. The van der Waals surface area contributed by atoms with E-state index in [1.54, 1.807) is 0 Å². The van der Waals surface area contributed by atoms with Gasteiger partial charge in [-0.15, -0.1) is 0 Å². The van der Waals surface area contributed by atoms with Crippen LogP contribution in [0.5, 0.6) is 0 Å². The fraction of sp³-hybridized carbons (Fsp3) is 0.364. The Kier molecular flexibility index (Phi) is 6.96. The highest BCUT2D eigenvalue weighted by Crippen LogP contribution is 2.26. The Morgan fingerprint density at radius 3 is 1.65 bits per heavy atom. The standard InChI is InChI=1S/C22H29N3O/c1-6-21(26)25-22(23-19-13-9-7-11-17(19)15(2)3)24-20-14-10-8-12-18(20)16(4)5/h7-16H,6H2,1-5H3,(H2,23,24,25,26). The summed E-state index contributed by atoms with van der Waals surface area (Å²) in [6.45, 7) is 10.4. The molecule has 4 nitrogen and oxygen atoms in total. The Labute approximate surface area is 156 Å². The van der Waals surface area contributed by atoms with Gasteiger partial charge in [-0.25, -0.2) is 0 Å². The largest absolute Gasteiger partial charge is 0.325 e. The van der Waals surface area contributed by atoms with Crippen LogP contribution in [0.1, 0.15) is 64.0 Å². The molecule has 26 heavy (non-hydrogen) atoms. The molecule has 2 aromatic rings. The molecule has 0 unspecified atom stereocenters. The molecular formula is C22H29N3O. The van der Waals surface area contributed by atoms with E-state index in [0.29, 0.717) is 24.2 Å². The number of para-hydroxylation sites is 2. The number of carbonyl (C=O) groups excluding carboxylic acids is 1. The van der Waals surface area contributed by atoms with E-state index in [2.05, 4.69) is 55.5 Å². The lowest BCUT2D eigenvalue weighted by Gasteiger charge is -2.19. The highest BCUT2D eigenvalue weighted by Gasteiger charge is 2.12. The fourth-order valence-electron chi connectivity index (χ4n) is 2.77. The first kappa shape index (κ1) is 19.7. The minimum absolute atomic E-state index is 0.163. The predicted molar refractivity (Wildman–Crippen MR) is 111 cm³/mol. The molecule has 1 amide bonds. The second kappa shape index (κ2) is 9.18. The highest BCUT2D eigenvalue weighted by molar-refractivity contribution is 6.09. The second-order valence-electron chi connectivity index (χ2n) is 6.94. The number of carbonyl (C=O) groups is 1. The van der Waals surface area contributed by atoms with E-state index in [4.69, 9.17) is 0 Å². The summed E-state index contributed by atoms with van der Waals surface area (Å²) in [6.07, 6.45) is 0.366. The molecule has 0 aliphatic heterocycles. The topological polar surface area (TPSA) is 53.5 Å². The molecule has 138 valence electrons. The first-order valence-electron chi connectivity index (χ1n) is 9.25. The van der Waals surface area contributed by atoms with Crippen LogP contribution in [0, 0.1) is 0 Å². The number of amides is 1. The highest BCUT2D eigenvalue weighted by atomic mass is 16.1. The number of anilines is 2. The molecule has 0 saturated heterocycles. The summed E-state index contributed by atoms with van der Waals surface area (Å²) in [7, 11) is 0. The minimum Gasteiger partial charge on any atom is -0.325 e. The summed E-state index contributed by atoms with van der Waals surface area (Å²) in [5.74, 6) is 1.02. The molecule has 0 bridgehead atoms. The number of aliphatic imine (C=N–C) groups is 1. The third kappa shape index (κ3) is 5.19. The zero-order valence-corrected chi connectivity index (χ0v) is 16.3. The number of hydrogen-bond donors (Lipinski definition) is 2. The molecule has 0 aromatic heterocycles. The van der Waals surface area contributed by atoms with Gasteiger partial charge in [0.05, 0.1) is 0 Å². The zero-order valence-electron chi connectivity index (χ0n) is 16.3. The van der Waals surface area contributed by atoms with Crippen LogP contribution in [0.2, 0.25) is 0 Å². The van der Waals surface area contributed by atoms with E-state index in [1.807, 2.05) is 43.3 Å². The normalized spacial score (nSPS) is 10.7. The third-order valence-corrected chi connectivity index (χ3v) is 4.21. The van der Waals surface area contributed by atoms with Crippen LogP contribution in [0.3, 0.4) is 0 Å². The Balaban J connectivity index is 2.38. The van der Waals surface area contributed by atoms with E-state index in [-0.39, 0.29) is 5.91 Å². The molecule has 0 aliphatic carbocycles. The lowest BCUT2D eigenvalue weighted by molar-refractivity contribution is -0.117. The van der Waals surface area contributed by atoms with Crippen LogP contribution in [-0.4, -0.2) is 11.9 Å². The lowest BCUT2D eigenvalue weighted by Crippen LogP contribution is -2.25. The number of hydrogen-bond acceptors (Lipinski definition) is 1. The van der Waals surface area contributed by atoms with Gasteiger partial charge in [-0.05, 0) is 35.1 Å². The maximum absolute atomic E-state index is 12.0. The van der Waals surface area contributed by atoms with Gasteiger partial charge >= 0.3 is 0 Å². The Bertz CT molecular complexity index is 723. The summed E-state index contributed by atoms with van der Waals surface area (Å²) < 4.78 is 0. The maximum atomic E-state index is 12.0. The average Bonchev–Trinajstić information content (AvgIpc) is 2.62. The van der Waals surface area contributed by atoms with Crippen molar-refractivity contribution in [3.63, 3.8) is 0 Å². The van der Waals surface area contributed by atoms with E-state index in [0.717, 1.165) is 11.4 Å². The SMILES string of the molecule is CCC(=O)N=C(Nc1ccccc1C(C)C)Nc1ccccc1C(C)C. The van der Waals surface area contributed by atoms with Crippen LogP contribution in [-0.2, 0) is 4.79 Å². The van der Waals surface area contributed by atoms with Crippen molar-refractivity contribution in [1.29, 1.82) is 0 Å². The van der Waals surface area contributed by atoms with Crippen molar-refractivity contribution in [3.05, 3.63) is 59.7 Å². The van der Waals surface area contributed by atoms with Gasteiger partial charge in [0.15, 0.2) is 0 Å². The molecule has 2 rings (SSSR count). The van der Waals surface area contributed by atoms with Gasteiger partial charge in [0.25, 0.3) is 0 Å². The van der Waals surface area contributed by atoms with E-state index in [1.165, 1.54) is 11.1 Å². The van der Waals surface area contributed by atoms with Gasteiger partial charge in [-0.2, -0.15) is 4.99 Å². The zero-order chi connectivity index (χ0) is 19.1. The van der Waals surface area contributed by atoms with Crippen LogP contribution < -0.4 is 10.6 Å². The smallest absolute Gasteiger partial charge is 0.248 e. The van der Waals surface area contributed by atoms with Crippen molar-refractivity contribution in [1.82, 2.24) is 0 Å². The number of rotatable bonds is 5. The van der Waals surface area contributed by atoms with Crippen LogP contribution in [0.15, 0.2) is 53.5 Å². The van der Waals surface area contributed by atoms with Crippen molar-refractivity contribution in [2.45, 2.75) is 52.9 Å². The van der Waals surface area contributed by atoms with Crippen LogP contribution in [0.4, 0.5) is 11.4 Å². The first-order chi connectivity index (χ1) is 12.4. The quantitative estimate of drug-likeness (QED) is 0.533. The van der Waals surface area contributed by atoms with Gasteiger partial charge in [-0.3, -0.25) is 4.79 Å². The van der Waals surface area contributed by atoms with Crippen molar-refractivity contribution >= 4 is 23.2 Å². The van der Waals surface area contributed by atoms with Gasteiger partial charge in [0.1, 0.15) is 0 Å². The molecule has 0 aliphatic rings. The van der Waals surface area contributed by atoms with Crippen molar-refractivity contribution in [2.24, 2.45) is 4.99 Å². The Hall–Kier alpha value is -2.62. The number of benzene rings is 2. The molecule has 0 spiro atoms. The monoisotopic (exact) mass is 351 g/mol. The minimum atomic E-state index is -0.163. The molecule has 2 N–H and O–H groups in total. The van der Waals surface area contributed by atoms with Crippen molar-refractivity contribution in [3.8, 4) is 0 Å². The van der Waals surface area contributed by atoms with Gasteiger partial charge < -0.3 is 10.6 Å². The van der Waals surface area contributed by atoms with Crippen LogP contribution in [0.25, 0.3) is 0 Å². The molecular weight excluding hydrogens is 322 g/mol. The van der Waals surface area contributed by atoms with E-state index >= 15 is 0 Å². The first-order valence-corrected chi connectivity index (χ1v) is 9.25. The number of guanidine groups is 1. The van der Waals surface area contributed by atoms with Gasteiger partial charge in [0.2, 0.25) is 11.9 Å². The summed E-state index contributed by atoms with van der Waals surface area (Å²) in [5.41, 5.74) is 4.28. The summed E-state index contributed by atoms with van der Waals surface area (Å²) >= 11 is 0. The molecule has 0 fully saturated rings. The molecule has 0 heterocycles. The average molecular weight is 351 g/mol. The second-order valence-corrected chi connectivity index (χ2v) is 6.94. The molecule has 4 heteroatoms. The summed E-state index contributed by atoms with van der Waals surface area (Å²) in [5, 5.41) is 6.65. The van der Waals surface area contributed by atoms with Gasteiger partial charge in [0, 0.05) is 17.8 Å². The molecule has 2 aromatic carbocycles. The number of nitrogens with zero attached hydrogens (tertiary/aromatic N) is 1. The fourth-order valence-corrected chi connectivity index (χ4v) is 2.77. The summed E-state index contributed by atoms with van der Waals surface area (Å²) in [6, 6.07) is 16.2. The molecule has 0 atom stereocenters. The van der Waals surface area contributed by atoms with Gasteiger partial charge in [-0.1, -0.05) is 71.0 Å². The molecule has 0 radical (unpaired) electrons. The van der Waals surface area contributed by atoms with E-state index < -0.39 is 0 Å². The van der Waals surface area contributed by atoms with Crippen LogP contribution >= 0.6 is 0 Å². The van der Waals surface area contributed by atoms with E-state index in [9.17, 15) is 4.79 Å². The summed E-state index contributed by atoms with van der Waals surface area (Å²) in [4.78, 5) is 16.2. The predicted octanol–water partition coefficient (Wildman–Crippen LogP) is 5.75. The number of nitrogens with one attached hydrogen (secondary N) is 2. The third-order valence-electron chi connectivity index (χ3n) is 4.21. The molecule has 0 saturated carbocycles.